The van der Waals surface area contributed by atoms with Crippen LogP contribution >= 0.6 is 0 Å². The predicted octanol–water partition coefficient (Wildman–Crippen LogP) is 0.880. The Bertz CT molecular complexity index is 116. The van der Waals surface area contributed by atoms with Crippen molar-refractivity contribution >= 4 is 5.97 Å². The molecule has 0 N–H and O–H groups in total. The second-order valence-electron chi connectivity index (χ2n) is 1.68. The third-order valence-electron chi connectivity index (χ3n) is 0.999. The van der Waals surface area contributed by atoms with Gasteiger partial charge in [0.25, 0.3) is 0 Å². The normalized spacial score (nSPS) is 19.8. The van der Waals surface area contributed by atoms with Crippen LogP contribution in [0, 0.1) is 0 Å². The number of esters is 1. The Hall–Kier alpha value is -0.790. The van der Waals surface area contributed by atoms with Gasteiger partial charge < -0.3 is 4.74 Å². The number of hydrogen-bond donors (Lipinski definition) is 0. The summed E-state index contributed by atoms with van der Waals surface area (Å²) in [5.41, 5.74) is 0. The zero-order valence-electron chi connectivity index (χ0n) is 4.59. The van der Waals surface area contributed by atoms with E-state index in [1.165, 1.54) is 0 Å². The number of hydrogen-bond acceptors (Lipinski definition) is 2. The van der Waals surface area contributed by atoms with Crippen LogP contribution in [0.3, 0.4) is 0 Å². The van der Waals surface area contributed by atoms with Gasteiger partial charge in [-0.3, -0.25) is 4.79 Å². The van der Waals surface area contributed by atoms with Crippen molar-refractivity contribution in [2.75, 3.05) is 6.61 Å². The van der Waals surface area contributed by atoms with Gasteiger partial charge in [0.2, 0.25) is 0 Å². The Labute approximate surface area is 48.1 Å². The van der Waals surface area contributed by atoms with E-state index in [2.05, 4.69) is 0 Å². The van der Waals surface area contributed by atoms with Gasteiger partial charge in [-0.2, -0.15) is 0 Å². The molecule has 8 heavy (non-hydrogen) atoms. The number of cyclic esters (lactones) is 1. The van der Waals surface area contributed by atoms with Crippen LogP contribution in [0.2, 0.25) is 0 Å². The fourth-order valence-corrected chi connectivity index (χ4v) is 0.597. The summed E-state index contributed by atoms with van der Waals surface area (Å²) in [6.45, 7) is 0.551. The molecule has 0 saturated heterocycles. The lowest BCUT2D eigenvalue weighted by Crippen LogP contribution is -2.00. The molecule has 1 rings (SSSR count). The maximum absolute atomic E-state index is 10.4. The molecule has 2 heteroatoms. The van der Waals surface area contributed by atoms with Crippen molar-refractivity contribution in [2.45, 2.75) is 12.8 Å². The van der Waals surface area contributed by atoms with Gasteiger partial charge in [-0.15, -0.1) is 0 Å². The van der Waals surface area contributed by atoms with Crippen molar-refractivity contribution < 1.29 is 9.53 Å². The summed E-state index contributed by atoms with van der Waals surface area (Å²) in [5, 5.41) is 0. The highest BCUT2D eigenvalue weighted by Gasteiger charge is 2.00. The highest BCUT2D eigenvalue weighted by Crippen LogP contribution is 1.97. The first-order chi connectivity index (χ1) is 3.89. The smallest absolute Gasteiger partial charge is 0.309 e. The van der Waals surface area contributed by atoms with E-state index in [1.807, 2.05) is 12.2 Å². The fourth-order valence-electron chi connectivity index (χ4n) is 0.597. The van der Waals surface area contributed by atoms with Gasteiger partial charge in [-0.25, -0.2) is 0 Å². The lowest BCUT2D eigenvalue weighted by molar-refractivity contribution is -0.142. The van der Waals surface area contributed by atoms with E-state index in [-0.39, 0.29) is 5.97 Å². The van der Waals surface area contributed by atoms with Crippen molar-refractivity contribution in [1.82, 2.24) is 0 Å². The van der Waals surface area contributed by atoms with E-state index < -0.39 is 0 Å². The van der Waals surface area contributed by atoms with Crippen molar-refractivity contribution in [3.05, 3.63) is 12.2 Å². The topological polar surface area (TPSA) is 26.3 Å². The molecule has 0 aliphatic carbocycles. The molecular formula is C6H8O2. The van der Waals surface area contributed by atoms with Gasteiger partial charge >= 0.3 is 5.97 Å². The average Bonchev–Trinajstić information content (AvgIpc) is 1.94. The molecule has 2 nitrogen and oxygen atoms in total. The largest absolute Gasteiger partial charge is 0.465 e. The number of rotatable bonds is 0. The highest BCUT2D eigenvalue weighted by molar-refractivity contribution is 5.71. The Morgan fingerprint density at radius 3 is 3.25 bits per heavy atom. The molecule has 0 bridgehead atoms. The molecule has 0 aromatic carbocycles. The standard InChI is InChI=1S/C6H8O2/c7-6-4-2-1-3-5-8-6/h1-2H,3-5H2. The van der Waals surface area contributed by atoms with Gasteiger partial charge in [-0.05, 0) is 6.42 Å². The molecule has 0 atom stereocenters. The van der Waals surface area contributed by atoms with Crippen LogP contribution in [0.15, 0.2) is 12.2 Å². The molecule has 1 aliphatic heterocycles. The van der Waals surface area contributed by atoms with Crippen LogP contribution in [-0.2, 0) is 9.53 Å². The highest BCUT2D eigenvalue weighted by atomic mass is 16.5. The molecule has 0 aromatic rings. The summed E-state index contributed by atoms with van der Waals surface area (Å²) in [5.74, 6) is -0.112. The van der Waals surface area contributed by atoms with Crippen molar-refractivity contribution in [3.63, 3.8) is 0 Å². The summed E-state index contributed by atoms with van der Waals surface area (Å²) >= 11 is 0. The zero-order valence-corrected chi connectivity index (χ0v) is 4.59. The van der Waals surface area contributed by atoms with E-state index in [9.17, 15) is 4.79 Å². The molecule has 0 fully saturated rings. The molecule has 44 valence electrons. The Kier molecular flexibility index (Phi) is 1.67. The van der Waals surface area contributed by atoms with Gasteiger partial charge in [0.15, 0.2) is 0 Å². The second-order valence-corrected chi connectivity index (χ2v) is 1.68. The van der Waals surface area contributed by atoms with Crippen LogP contribution < -0.4 is 0 Å². The minimum absolute atomic E-state index is 0.112. The molecule has 0 aromatic heterocycles. The van der Waals surface area contributed by atoms with Crippen molar-refractivity contribution in [3.8, 4) is 0 Å². The molecule has 1 aliphatic rings. The molecule has 0 saturated carbocycles. The minimum Gasteiger partial charge on any atom is -0.465 e. The summed E-state index contributed by atoms with van der Waals surface area (Å²) in [6.07, 6.45) is 5.12. The third-order valence-corrected chi connectivity index (χ3v) is 0.999. The second kappa shape index (κ2) is 2.50. The Balaban J connectivity index is 2.41. The van der Waals surface area contributed by atoms with Gasteiger partial charge in [0.05, 0.1) is 13.0 Å². The molecule has 0 amide bonds. The summed E-state index contributed by atoms with van der Waals surface area (Å²) in [6, 6.07) is 0. The van der Waals surface area contributed by atoms with E-state index in [1.54, 1.807) is 0 Å². The first-order valence-electron chi connectivity index (χ1n) is 2.70. The van der Waals surface area contributed by atoms with E-state index in [4.69, 9.17) is 4.74 Å². The number of carbonyl (C=O) groups is 1. The van der Waals surface area contributed by atoms with E-state index in [0.717, 1.165) is 6.42 Å². The maximum atomic E-state index is 10.4. The van der Waals surface area contributed by atoms with E-state index in [0.29, 0.717) is 13.0 Å². The average molecular weight is 112 g/mol. The molecular weight excluding hydrogens is 104 g/mol. The van der Waals surface area contributed by atoms with Crippen LogP contribution in [-0.4, -0.2) is 12.6 Å². The Morgan fingerprint density at radius 2 is 2.38 bits per heavy atom. The number of ether oxygens (including phenoxy) is 1. The van der Waals surface area contributed by atoms with Crippen molar-refractivity contribution in [2.24, 2.45) is 0 Å². The first kappa shape index (κ1) is 5.35. The summed E-state index contributed by atoms with van der Waals surface area (Å²) < 4.78 is 4.70. The van der Waals surface area contributed by atoms with Crippen LogP contribution in [0.1, 0.15) is 12.8 Å². The molecule has 1 heterocycles. The van der Waals surface area contributed by atoms with Gasteiger partial charge in [-0.1, -0.05) is 12.2 Å². The predicted molar refractivity (Wildman–Crippen MR) is 29.3 cm³/mol. The quantitative estimate of drug-likeness (QED) is 0.343. The molecule has 0 unspecified atom stereocenters. The zero-order chi connectivity index (χ0) is 5.82. The molecule has 0 spiro atoms. The van der Waals surface area contributed by atoms with Gasteiger partial charge in [0.1, 0.15) is 0 Å². The van der Waals surface area contributed by atoms with Crippen LogP contribution in [0.25, 0.3) is 0 Å². The number of carbonyl (C=O) groups excluding carboxylic acids is 1. The minimum atomic E-state index is -0.112. The summed E-state index contributed by atoms with van der Waals surface area (Å²) in [4.78, 5) is 10.4. The van der Waals surface area contributed by atoms with Gasteiger partial charge in [0, 0.05) is 0 Å². The first-order valence-corrected chi connectivity index (χ1v) is 2.70. The maximum Gasteiger partial charge on any atom is 0.309 e. The lowest BCUT2D eigenvalue weighted by Gasteiger charge is -1.94. The van der Waals surface area contributed by atoms with Crippen molar-refractivity contribution in [1.29, 1.82) is 0 Å². The fraction of sp³-hybridized carbons (Fsp3) is 0.500. The SMILES string of the molecule is O=C1CC=CCCO1. The molecule has 0 radical (unpaired) electrons. The third kappa shape index (κ3) is 1.37. The Morgan fingerprint density at radius 1 is 1.50 bits per heavy atom. The lowest BCUT2D eigenvalue weighted by atomic mass is 10.3. The van der Waals surface area contributed by atoms with Crippen LogP contribution in [0.4, 0.5) is 0 Å². The van der Waals surface area contributed by atoms with Crippen LogP contribution in [0.5, 0.6) is 0 Å². The van der Waals surface area contributed by atoms with E-state index >= 15 is 0 Å². The summed E-state index contributed by atoms with van der Waals surface area (Å²) in [7, 11) is 0. The monoisotopic (exact) mass is 112 g/mol.